The largest absolute Gasteiger partial charge is 0.489 e. The Morgan fingerprint density at radius 3 is 2.54 bits per heavy atom. The van der Waals surface area contributed by atoms with Crippen molar-refractivity contribution in [2.24, 2.45) is 0 Å². The zero-order valence-corrected chi connectivity index (χ0v) is 15.6. The Labute approximate surface area is 166 Å². The van der Waals surface area contributed by atoms with E-state index < -0.39 is 15.8 Å². The molecule has 4 nitrogen and oxygen atoms in total. The third-order valence-corrected chi connectivity index (χ3v) is 5.55. The molecule has 0 saturated carbocycles. The van der Waals surface area contributed by atoms with Gasteiger partial charge in [0.25, 0.3) is 5.24 Å². The van der Waals surface area contributed by atoms with Crippen LogP contribution in [0, 0.1) is 5.82 Å². The molecule has 0 aromatic heterocycles. The Hall–Kier alpha value is -2.80. The number of halogens is 1. The fourth-order valence-corrected chi connectivity index (χ4v) is 3.96. The van der Waals surface area contributed by atoms with Crippen LogP contribution in [0.5, 0.6) is 5.75 Å². The van der Waals surface area contributed by atoms with E-state index in [9.17, 15) is 14.0 Å². The highest BCUT2D eigenvalue weighted by Crippen LogP contribution is 2.33. The smallest absolute Gasteiger partial charge is 0.285 e. The lowest BCUT2D eigenvalue weighted by Gasteiger charge is -2.19. The average molecular weight is 391 g/mol. The second kappa shape index (κ2) is 7.32. The Balaban J connectivity index is 1.50. The molecular weight excluding hydrogens is 376 g/mol. The molecule has 4 rings (SSSR count). The molecule has 0 unspecified atom stereocenters. The summed E-state index contributed by atoms with van der Waals surface area (Å²) < 4.78 is 18.1. The number of hydrogen-bond acceptors (Lipinski definition) is 4. The van der Waals surface area contributed by atoms with E-state index in [1.165, 1.54) is 6.07 Å². The van der Waals surface area contributed by atoms with E-state index in [1.54, 1.807) is 18.2 Å². The van der Waals surface area contributed by atoms with Crippen molar-refractivity contribution in [2.45, 2.75) is 17.7 Å². The monoisotopic (exact) mass is 391 g/mol. The number of benzene rings is 3. The van der Waals surface area contributed by atoms with Gasteiger partial charge < -0.3 is 4.74 Å². The summed E-state index contributed by atoms with van der Waals surface area (Å²) in [7, 11) is 6.08. The molecule has 0 aliphatic carbocycles. The quantitative estimate of drug-likeness (QED) is 0.670. The number of hydrogen-bond donors (Lipinski definition) is 1. The van der Waals surface area contributed by atoms with Crippen LogP contribution >= 0.6 is 11.8 Å². The first-order valence-electron chi connectivity index (χ1n) is 8.65. The number of imide groups is 1. The fourth-order valence-electron chi connectivity index (χ4n) is 3.10. The predicted molar refractivity (Wildman–Crippen MR) is 108 cm³/mol. The standard InChI is InChI=1S/C21H15BFNO3S/c22-21(19(25)24-20(26)28-21)11-13-5-6-15-10-17(8-7-14(15)9-13)27-12-16-3-1-2-4-18(16)23/h1-10H,11-12H2,(H,24,25,26)/t21-/m0/s1. The van der Waals surface area contributed by atoms with Gasteiger partial charge in [-0.3, -0.25) is 14.9 Å². The van der Waals surface area contributed by atoms with E-state index in [-0.39, 0.29) is 18.8 Å². The number of ether oxygens (including phenoxy) is 1. The van der Waals surface area contributed by atoms with Crippen molar-refractivity contribution in [1.29, 1.82) is 0 Å². The number of carbonyl (C=O) groups is 2. The molecule has 1 aliphatic heterocycles. The summed E-state index contributed by atoms with van der Waals surface area (Å²) in [5.74, 6) is -0.134. The lowest BCUT2D eigenvalue weighted by atomic mass is 9.80. The predicted octanol–water partition coefficient (Wildman–Crippen LogP) is 3.95. The fraction of sp³-hybridized carbons (Fsp3) is 0.143. The maximum atomic E-state index is 13.7. The summed E-state index contributed by atoms with van der Waals surface area (Å²) in [4.78, 5) is 23.3. The average Bonchev–Trinajstić information content (AvgIpc) is 2.92. The first-order valence-corrected chi connectivity index (χ1v) is 9.47. The molecule has 1 fully saturated rings. The van der Waals surface area contributed by atoms with Crippen LogP contribution in [-0.2, 0) is 17.8 Å². The van der Waals surface area contributed by atoms with Crippen LogP contribution in [-0.4, -0.2) is 23.6 Å². The highest BCUT2D eigenvalue weighted by Gasteiger charge is 2.42. The van der Waals surface area contributed by atoms with Gasteiger partial charge in [0.1, 0.15) is 26.0 Å². The molecule has 0 spiro atoms. The molecule has 0 bridgehead atoms. The van der Waals surface area contributed by atoms with Gasteiger partial charge >= 0.3 is 0 Å². The minimum absolute atomic E-state index is 0.145. The zero-order chi connectivity index (χ0) is 19.7. The van der Waals surface area contributed by atoms with Gasteiger partial charge in [0, 0.05) is 5.56 Å². The Kier molecular flexibility index (Phi) is 4.85. The number of carbonyl (C=O) groups excluding carboxylic acids is 2. The van der Waals surface area contributed by atoms with Gasteiger partial charge in [-0.2, -0.15) is 0 Å². The molecule has 1 N–H and O–H groups in total. The lowest BCUT2D eigenvalue weighted by molar-refractivity contribution is -0.119. The Morgan fingerprint density at radius 1 is 1.04 bits per heavy atom. The number of rotatable bonds is 5. The molecule has 1 aliphatic rings. The molecule has 3 aromatic rings. The van der Waals surface area contributed by atoms with Crippen LogP contribution in [0.25, 0.3) is 10.8 Å². The van der Waals surface area contributed by atoms with Crippen molar-refractivity contribution < 1.29 is 18.7 Å². The summed E-state index contributed by atoms with van der Waals surface area (Å²) in [6, 6.07) is 17.8. The molecule has 2 radical (unpaired) electrons. The topological polar surface area (TPSA) is 55.4 Å². The van der Waals surface area contributed by atoms with Gasteiger partial charge in [0.15, 0.2) is 0 Å². The van der Waals surface area contributed by atoms with E-state index in [0.29, 0.717) is 11.3 Å². The highest BCUT2D eigenvalue weighted by molar-refractivity contribution is 8.17. The van der Waals surface area contributed by atoms with Crippen LogP contribution < -0.4 is 10.1 Å². The van der Waals surface area contributed by atoms with Crippen molar-refractivity contribution >= 4 is 41.5 Å². The summed E-state index contributed by atoms with van der Waals surface area (Å²) in [6.45, 7) is 0.145. The molecule has 7 heteroatoms. The van der Waals surface area contributed by atoms with Crippen molar-refractivity contribution in [3.63, 3.8) is 0 Å². The third-order valence-electron chi connectivity index (χ3n) is 4.57. The SMILES string of the molecule is [B][C@@]1(Cc2ccc3cc(OCc4ccccc4F)ccc3c2)SC(=O)NC1=O. The molecule has 28 heavy (non-hydrogen) atoms. The summed E-state index contributed by atoms with van der Waals surface area (Å²) in [5.41, 5.74) is 1.35. The Bertz CT molecular complexity index is 1090. The summed E-state index contributed by atoms with van der Waals surface area (Å²) >= 11 is 0.812. The minimum atomic E-state index is -1.28. The van der Waals surface area contributed by atoms with Crippen LogP contribution in [0.1, 0.15) is 11.1 Å². The van der Waals surface area contributed by atoms with Crippen LogP contribution in [0.2, 0.25) is 0 Å². The van der Waals surface area contributed by atoms with E-state index in [0.717, 1.165) is 28.1 Å². The third kappa shape index (κ3) is 3.75. The van der Waals surface area contributed by atoms with Crippen LogP contribution in [0.15, 0.2) is 60.7 Å². The van der Waals surface area contributed by atoms with E-state index in [1.807, 2.05) is 36.4 Å². The maximum Gasteiger partial charge on any atom is 0.285 e. The molecule has 2 amide bonds. The van der Waals surface area contributed by atoms with E-state index in [4.69, 9.17) is 12.6 Å². The van der Waals surface area contributed by atoms with Crippen LogP contribution in [0.3, 0.4) is 0 Å². The molecule has 1 saturated heterocycles. The minimum Gasteiger partial charge on any atom is -0.489 e. The number of fused-ring (bicyclic) bond motifs is 1. The molecule has 138 valence electrons. The normalized spacial score (nSPS) is 19.0. The molecular formula is C21H15BFNO3S. The number of amides is 2. The lowest BCUT2D eigenvalue weighted by Crippen LogP contribution is -2.38. The highest BCUT2D eigenvalue weighted by atomic mass is 32.2. The number of thioether (sulfide) groups is 1. The molecule has 1 atom stereocenters. The Morgan fingerprint density at radius 2 is 1.79 bits per heavy atom. The first-order chi connectivity index (χ1) is 13.4. The first kappa shape index (κ1) is 18.6. The van der Waals surface area contributed by atoms with Gasteiger partial charge in [0.05, 0.1) is 4.65 Å². The molecule has 3 aromatic carbocycles. The number of nitrogens with one attached hydrogen (secondary N) is 1. The zero-order valence-electron chi connectivity index (χ0n) is 14.8. The van der Waals surface area contributed by atoms with Gasteiger partial charge in [-0.25, -0.2) is 4.39 Å². The van der Waals surface area contributed by atoms with Gasteiger partial charge in [-0.05, 0) is 41.0 Å². The van der Waals surface area contributed by atoms with Gasteiger partial charge in [-0.15, -0.1) is 0 Å². The second-order valence-electron chi connectivity index (χ2n) is 6.63. The van der Waals surface area contributed by atoms with Crippen molar-refractivity contribution in [2.75, 3.05) is 0 Å². The summed E-state index contributed by atoms with van der Waals surface area (Å²) in [6.07, 6.45) is 0.247. The van der Waals surface area contributed by atoms with Crippen molar-refractivity contribution in [3.8, 4) is 5.75 Å². The van der Waals surface area contributed by atoms with Gasteiger partial charge in [-0.1, -0.05) is 54.2 Å². The van der Waals surface area contributed by atoms with Crippen LogP contribution in [0.4, 0.5) is 9.18 Å². The van der Waals surface area contributed by atoms with E-state index in [2.05, 4.69) is 5.32 Å². The van der Waals surface area contributed by atoms with Gasteiger partial charge in [0.2, 0.25) is 5.91 Å². The second-order valence-corrected chi connectivity index (χ2v) is 7.94. The van der Waals surface area contributed by atoms with Crippen molar-refractivity contribution in [3.05, 3.63) is 77.6 Å². The summed E-state index contributed by atoms with van der Waals surface area (Å²) in [5, 5.41) is 3.69. The van der Waals surface area contributed by atoms with E-state index >= 15 is 0 Å². The maximum absolute atomic E-state index is 13.7. The van der Waals surface area contributed by atoms with Crippen molar-refractivity contribution in [1.82, 2.24) is 5.32 Å². The molecule has 1 heterocycles.